The first kappa shape index (κ1) is 13.3. The molecule has 4 nitrogen and oxygen atoms in total. The van der Waals surface area contributed by atoms with E-state index in [0.29, 0.717) is 11.1 Å². The lowest BCUT2D eigenvalue weighted by molar-refractivity contribution is 0.103. The summed E-state index contributed by atoms with van der Waals surface area (Å²) in [6.07, 6.45) is 0. The molecule has 0 fully saturated rings. The van der Waals surface area contributed by atoms with Crippen LogP contribution in [0.25, 0.3) is 0 Å². The van der Waals surface area contributed by atoms with Crippen LogP contribution >= 0.6 is 0 Å². The zero-order valence-electron chi connectivity index (χ0n) is 10.2. The molecule has 19 heavy (non-hydrogen) atoms. The molecule has 0 unspecified atom stereocenters. The van der Waals surface area contributed by atoms with E-state index in [1.807, 2.05) is 6.07 Å². The highest BCUT2D eigenvalue weighted by Gasteiger charge is 2.14. The van der Waals surface area contributed by atoms with Crippen LogP contribution in [0.5, 0.6) is 5.75 Å². The Morgan fingerprint density at radius 1 is 0.895 bits per heavy atom. The van der Waals surface area contributed by atoms with Crippen molar-refractivity contribution in [2.24, 2.45) is 0 Å². The van der Waals surface area contributed by atoms with Gasteiger partial charge in [0.15, 0.2) is 5.78 Å². The van der Waals surface area contributed by atoms with E-state index in [9.17, 15) is 9.90 Å². The van der Waals surface area contributed by atoms with Gasteiger partial charge in [0.25, 0.3) is 0 Å². The molecule has 0 aliphatic carbocycles. The number of benzene rings is 2. The van der Waals surface area contributed by atoms with Crippen LogP contribution in [0.4, 0.5) is 0 Å². The summed E-state index contributed by atoms with van der Waals surface area (Å²) in [4.78, 5) is 12.2. The van der Waals surface area contributed by atoms with E-state index in [1.165, 1.54) is 12.1 Å². The number of phenols is 1. The van der Waals surface area contributed by atoms with E-state index < -0.39 is 13.2 Å². The molecule has 2 aromatic carbocycles. The summed E-state index contributed by atoms with van der Waals surface area (Å²) in [5.74, 6) is -0.389. The maximum Gasteiger partial charge on any atom is 0.193 e. The summed E-state index contributed by atoms with van der Waals surface area (Å²) in [5.41, 5.74) is 1.30. The van der Waals surface area contributed by atoms with Crippen molar-refractivity contribution in [3.63, 3.8) is 0 Å². The van der Waals surface area contributed by atoms with Crippen molar-refractivity contribution in [2.45, 2.75) is 13.2 Å². The fourth-order valence-corrected chi connectivity index (χ4v) is 1.89. The molecule has 0 heterocycles. The summed E-state index contributed by atoms with van der Waals surface area (Å²) in [6.45, 7) is -0.788. The number of aliphatic hydroxyl groups is 2. The predicted octanol–water partition coefficient (Wildman–Crippen LogP) is 1.61. The van der Waals surface area contributed by atoms with Gasteiger partial charge in [0.1, 0.15) is 5.75 Å². The summed E-state index contributed by atoms with van der Waals surface area (Å²) < 4.78 is 0. The predicted molar refractivity (Wildman–Crippen MR) is 69.8 cm³/mol. The highest BCUT2D eigenvalue weighted by atomic mass is 16.3. The SMILES string of the molecule is O=C(c1ccccc1)c1cc(CO)c(O)c(CO)c1. The molecular formula is C15H14O4. The van der Waals surface area contributed by atoms with Gasteiger partial charge in [-0.05, 0) is 12.1 Å². The Labute approximate surface area is 110 Å². The first-order chi connectivity index (χ1) is 9.17. The van der Waals surface area contributed by atoms with E-state index in [2.05, 4.69) is 0 Å². The molecule has 0 saturated carbocycles. The highest BCUT2D eigenvalue weighted by Crippen LogP contribution is 2.26. The van der Waals surface area contributed by atoms with E-state index in [-0.39, 0.29) is 22.7 Å². The number of rotatable bonds is 4. The third-order valence-electron chi connectivity index (χ3n) is 2.91. The van der Waals surface area contributed by atoms with Gasteiger partial charge in [-0.15, -0.1) is 0 Å². The van der Waals surface area contributed by atoms with E-state index >= 15 is 0 Å². The van der Waals surface area contributed by atoms with Gasteiger partial charge in [-0.25, -0.2) is 0 Å². The summed E-state index contributed by atoms with van der Waals surface area (Å²) in [6, 6.07) is 11.6. The number of hydrogen-bond acceptors (Lipinski definition) is 4. The molecule has 0 radical (unpaired) electrons. The second-order valence-electron chi connectivity index (χ2n) is 4.15. The molecular weight excluding hydrogens is 244 g/mol. The van der Waals surface area contributed by atoms with Crippen molar-refractivity contribution in [1.82, 2.24) is 0 Å². The van der Waals surface area contributed by atoms with E-state index in [4.69, 9.17) is 10.2 Å². The third-order valence-corrected chi connectivity index (χ3v) is 2.91. The first-order valence-corrected chi connectivity index (χ1v) is 5.83. The monoisotopic (exact) mass is 258 g/mol. The number of carbonyl (C=O) groups excluding carboxylic acids is 1. The number of aromatic hydroxyl groups is 1. The number of ketones is 1. The van der Waals surface area contributed by atoms with Crippen LogP contribution in [0.2, 0.25) is 0 Å². The Bertz CT molecular complexity index is 565. The minimum absolute atomic E-state index is 0.172. The van der Waals surface area contributed by atoms with Crippen LogP contribution in [0, 0.1) is 0 Å². The van der Waals surface area contributed by atoms with Crippen LogP contribution in [-0.2, 0) is 13.2 Å². The molecule has 2 rings (SSSR count). The number of hydrogen-bond donors (Lipinski definition) is 3. The average Bonchev–Trinajstić information content (AvgIpc) is 2.47. The quantitative estimate of drug-likeness (QED) is 0.728. The maximum atomic E-state index is 12.2. The molecule has 0 amide bonds. The lowest BCUT2D eigenvalue weighted by Gasteiger charge is -2.09. The van der Waals surface area contributed by atoms with Gasteiger partial charge in [-0.2, -0.15) is 0 Å². The molecule has 0 bridgehead atoms. The topological polar surface area (TPSA) is 77.8 Å². The molecule has 2 aromatic rings. The molecule has 0 aromatic heterocycles. The fraction of sp³-hybridized carbons (Fsp3) is 0.133. The van der Waals surface area contributed by atoms with Crippen molar-refractivity contribution >= 4 is 5.78 Å². The standard InChI is InChI=1S/C15H14O4/c16-8-12-6-11(7-13(9-17)15(12)19)14(18)10-4-2-1-3-5-10/h1-7,16-17,19H,8-9H2. The van der Waals surface area contributed by atoms with Gasteiger partial charge in [0.05, 0.1) is 13.2 Å². The highest BCUT2D eigenvalue weighted by molar-refractivity contribution is 6.09. The first-order valence-electron chi connectivity index (χ1n) is 5.83. The fourth-order valence-electron chi connectivity index (χ4n) is 1.89. The van der Waals surface area contributed by atoms with Gasteiger partial charge in [0.2, 0.25) is 0 Å². The van der Waals surface area contributed by atoms with Crippen molar-refractivity contribution in [3.8, 4) is 5.75 Å². The molecule has 3 N–H and O–H groups in total. The van der Waals surface area contributed by atoms with Crippen LogP contribution in [0.1, 0.15) is 27.0 Å². The molecule has 0 saturated heterocycles. The second kappa shape index (κ2) is 5.65. The Hall–Kier alpha value is -2.17. The van der Waals surface area contributed by atoms with E-state index in [1.54, 1.807) is 24.3 Å². The zero-order valence-corrected chi connectivity index (χ0v) is 10.2. The third kappa shape index (κ3) is 2.65. The minimum Gasteiger partial charge on any atom is -0.507 e. The van der Waals surface area contributed by atoms with Crippen molar-refractivity contribution in [2.75, 3.05) is 0 Å². The van der Waals surface area contributed by atoms with Crippen LogP contribution in [0.15, 0.2) is 42.5 Å². The molecule has 0 aliphatic heterocycles. The molecule has 4 heteroatoms. The van der Waals surface area contributed by atoms with Gasteiger partial charge >= 0.3 is 0 Å². The number of aliphatic hydroxyl groups excluding tert-OH is 2. The Balaban J connectivity index is 2.48. The maximum absolute atomic E-state index is 12.2. The summed E-state index contributed by atoms with van der Waals surface area (Å²) in [5, 5.41) is 28.1. The van der Waals surface area contributed by atoms with Crippen molar-refractivity contribution in [1.29, 1.82) is 0 Å². The summed E-state index contributed by atoms with van der Waals surface area (Å²) in [7, 11) is 0. The Morgan fingerprint density at radius 2 is 1.42 bits per heavy atom. The molecule has 0 aliphatic rings. The smallest absolute Gasteiger partial charge is 0.193 e. The summed E-state index contributed by atoms with van der Waals surface area (Å²) >= 11 is 0. The number of carbonyl (C=O) groups is 1. The normalized spacial score (nSPS) is 10.4. The van der Waals surface area contributed by atoms with Crippen LogP contribution < -0.4 is 0 Å². The van der Waals surface area contributed by atoms with Crippen molar-refractivity contribution in [3.05, 3.63) is 64.7 Å². The van der Waals surface area contributed by atoms with Crippen LogP contribution in [0.3, 0.4) is 0 Å². The zero-order chi connectivity index (χ0) is 13.8. The van der Waals surface area contributed by atoms with Gasteiger partial charge in [-0.3, -0.25) is 4.79 Å². The van der Waals surface area contributed by atoms with Gasteiger partial charge < -0.3 is 15.3 Å². The largest absolute Gasteiger partial charge is 0.507 e. The van der Waals surface area contributed by atoms with Gasteiger partial charge in [0, 0.05) is 22.3 Å². The minimum atomic E-state index is -0.394. The average molecular weight is 258 g/mol. The lowest BCUT2D eigenvalue weighted by atomic mass is 9.98. The molecule has 98 valence electrons. The Morgan fingerprint density at radius 3 is 1.89 bits per heavy atom. The van der Waals surface area contributed by atoms with Crippen LogP contribution in [-0.4, -0.2) is 21.1 Å². The Kier molecular flexibility index (Phi) is 3.94. The molecule has 0 spiro atoms. The second-order valence-corrected chi connectivity index (χ2v) is 4.15. The molecule has 0 atom stereocenters. The van der Waals surface area contributed by atoms with Crippen molar-refractivity contribution < 1.29 is 20.1 Å². The van der Waals surface area contributed by atoms with Gasteiger partial charge in [-0.1, -0.05) is 30.3 Å². The van der Waals surface area contributed by atoms with E-state index in [0.717, 1.165) is 0 Å². The lowest BCUT2D eigenvalue weighted by Crippen LogP contribution is -2.04.